The summed E-state index contributed by atoms with van der Waals surface area (Å²) in [6, 6.07) is 7.04. The maximum atomic E-state index is 10.8. The molecule has 0 saturated heterocycles. The number of hydrogen-bond acceptors (Lipinski definition) is 4. The Labute approximate surface area is 98.4 Å². The van der Waals surface area contributed by atoms with Gasteiger partial charge in [-0.2, -0.15) is 0 Å². The highest BCUT2D eigenvalue weighted by atomic mass is 32.2. The van der Waals surface area contributed by atoms with Crippen molar-refractivity contribution < 1.29 is 4.92 Å². The Morgan fingerprint density at radius 3 is 2.75 bits per heavy atom. The van der Waals surface area contributed by atoms with E-state index in [1.807, 2.05) is 6.07 Å². The van der Waals surface area contributed by atoms with Crippen molar-refractivity contribution in [1.29, 1.82) is 0 Å². The molecule has 1 saturated carbocycles. The van der Waals surface area contributed by atoms with Crippen LogP contribution in [0.2, 0.25) is 0 Å². The third kappa shape index (κ3) is 2.36. The number of benzene rings is 1. The van der Waals surface area contributed by atoms with Crippen molar-refractivity contribution in [1.82, 2.24) is 0 Å². The molecule has 5 heteroatoms. The molecule has 0 aliphatic heterocycles. The van der Waals surface area contributed by atoms with E-state index in [-0.39, 0.29) is 16.7 Å². The first kappa shape index (κ1) is 11.4. The number of nitrogens with two attached hydrogens (primary N) is 1. The third-order valence-corrected chi connectivity index (χ3v) is 4.33. The summed E-state index contributed by atoms with van der Waals surface area (Å²) in [6.45, 7) is 0. The van der Waals surface area contributed by atoms with Gasteiger partial charge in [0.05, 0.1) is 9.82 Å². The second-order valence-corrected chi connectivity index (χ2v) is 5.26. The second-order valence-electron chi connectivity index (χ2n) is 3.98. The molecule has 0 bridgehead atoms. The molecular weight excluding hydrogens is 224 g/mol. The lowest BCUT2D eigenvalue weighted by Gasteiger charge is -2.14. The number of nitro groups is 1. The van der Waals surface area contributed by atoms with E-state index in [1.165, 1.54) is 0 Å². The zero-order valence-electron chi connectivity index (χ0n) is 8.83. The van der Waals surface area contributed by atoms with Gasteiger partial charge in [-0.3, -0.25) is 10.1 Å². The SMILES string of the molecule is NC1CCCC1Sc1ccccc1[N+](=O)[O-]. The first-order valence-electron chi connectivity index (χ1n) is 5.34. The van der Waals surface area contributed by atoms with Crippen LogP contribution in [0.5, 0.6) is 0 Å². The zero-order chi connectivity index (χ0) is 11.5. The minimum absolute atomic E-state index is 0.171. The van der Waals surface area contributed by atoms with Crippen LogP contribution >= 0.6 is 11.8 Å². The summed E-state index contributed by atoms with van der Waals surface area (Å²) < 4.78 is 0. The average Bonchev–Trinajstić information content (AvgIpc) is 2.65. The Morgan fingerprint density at radius 1 is 1.38 bits per heavy atom. The van der Waals surface area contributed by atoms with Gasteiger partial charge in [0.25, 0.3) is 5.69 Å². The van der Waals surface area contributed by atoms with Gasteiger partial charge in [0.15, 0.2) is 0 Å². The number of hydrogen-bond donors (Lipinski definition) is 1. The molecule has 1 aromatic carbocycles. The summed E-state index contributed by atoms with van der Waals surface area (Å²) in [4.78, 5) is 11.2. The highest BCUT2D eigenvalue weighted by Gasteiger charge is 2.27. The van der Waals surface area contributed by atoms with Crippen LogP contribution in [-0.4, -0.2) is 16.2 Å². The lowest BCUT2D eigenvalue weighted by Crippen LogP contribution is -2.26. The van der Waals surface area contributed by atoms with Crippen molar-refractivity contribution >= 4 is 17.4 Å². The molecule has 1 aliphatic rings. The maximum absolute atomic E-state index is 10.8. The van der Waals surface area contributed by atoms with Crippen LogP contribution in [0.25, 0.3) is 0 Å². The van der Waals surface area contributed by atoms with Gasteiger partial charge in [-0.15, -0.1) is 11.8 Å². The normalized spacial score (nSPS) is 24.6. The fourth-order valence-corrected chi connectivity index (χ4v) is 3.31. The molecule has 4 nitrogen and oxygen atoms in total. The summed E-state index contributed by atoms with van der Waals surface area (Å²) in [5.74, 6) is 0. The molecule has 16 heavy (non-hydrogen) atoms. The van der Waals surface area contributed by atoms with Gasteiger partial charge < -0.3 is 5.73 Å². The van der Waals surface area contributed by atoms with Crippen molar-refractivity contribution in [2.45, 2.75) is 35.4 Å². The van der Waals surface area contributed by atoms with Crippen LogP contribution in [0.3, 0.4) is 0 Å². The van der Waals surface area contributed by atoms with Gasteiger partial charge in [0.1, 0.15) is 0 Å². The fourth-order valence-electron chi connectivity index (χ4n) is 1.97. The van der Waals surface area contributed by atoms with Crippen LogP contribution in [0, 0.1) is 10.1 Å². The van der Waals surface area contributed by atoms with Gasteiger partial charge in [-0.25, -0.2) is 0 Å². The third-order valence-electron chi connectivity index (χ3n) is 2.84. The number of para-hydroxylation sites is 1. The van der Waals surface area contributed by atoms with Crippen LogP contribution in [0.15, 0.2) is 29.2 Å². The van der Waals surface area contributed by atoms with Crippen LogP contribution in [0.1, 0.15) is 19.3 Å². The largest absolute Gasteiger partial charge is 0.327 e. The maximum Gasteiger partial charge on any atom is 0.282 e. The molecule has 0 aromatic heterocycles. The van der Waals surface area contributed by atoms with Crippen molar-refractivity contribution in [2.24, 2.45) is 5.73 Å². The van der Waals surface area contributed by atoms with E-state index >= 15 is 0 Å². The first-order chi connectivity index (χ1) is 7.68. The van der Waals surface area contributed by atoms with Crippen LogP contribution in [0.4, 0.5) is 5.69 Å². The van der Waals surface area contributed by atoms with Crippen molar-refractivity contribution in [3.05, 3.63) is 34.4 Å². The Bertz CT molecular complexity index is 397. The van der Waals surface area contributed by atoms with E-state index in [1.54, 1.807) is 30.0 Å². The average molecular weight is 238 g/mol. The summed E-state index contributed by atoms with van der Waals surface area (Å²) in [5.41, 5.74) is 6.15. The quantitative estimate of drug-likeness (QED) is 0.649. The van der Waals surface area contributed by atoms with Gasteiger partial charge in [0.2, 0.25) is 0 Å². The molecule has 86 valence electrons. The Hall–Kier alpha value is -1.07. The first-order valence-corrected chi connectivity index (χ1v) is 6.22. The highest BCUT2D eigenvalue weighted by molar-refractivity contribution is 8.00. The molecule has 2 rings (SSSR count). The Balaban J connectivity index is 2.17. The zero-order valence-corrected chi connectivity index (χ0v) is 9.65. The Kier molecular flexibility index (Phi) is 3.46. The number of rotatable bonds is 3. The van der Waals surface area contributed by atoms with Crippen molar-refractivity contribution in [3.8, 4) is 0 Å². The van der Waals surface area contributed by atoms with Crippen LogP contribution in [-0.2, 0) is 0 Å². The molecule has 1 aromatic rings. The Morgan fingerprint density at radius 2 is 2.12 bits per heavy atom. The lowest BCUT2D eigenvalue weighted by molar-refractivity contribution is -0.387. The van der Waals surface area contributed by atoms with Crippen LogP contribution < -0.4 is 5.73 Å². The standard InChI is InChI=1S/C11H14N2O2S/c12-8-4-3-7-10(8)16-11-6-2-1-5-9(11)13(14)15/h1-2,5-6,8,10H,3-4,7,12H2. The predicted octanol–water partition coefficient (Wildman–Crippen LogP) is 2.57. The van der Waals surface area contributed by atoms with Crippen molar-refractivity contribution in [2.75, 3.05) is 0 Å². The number of nitro benzene ring substituents is 1. The summed E-state index contributed by atoms with van der Waals surface area (Å²) in [5, 5.41) is 11.2. The minimum Gasteiger partial charge on any atom is -0.327 e. The molecule has 0 heterocycles. The molecule has 0 radical (unpaired) electrons. The van der Waals surface area contributed by atoms with E-state index < -0.39 is 0 Å². The van der Waals surface area contributed by atoms with E-state index in [0.29, 0.717) is 5.25 Å². The molecule has 0 amide bonds. The van der Waals surface area contributed by atoms with Gasteiger partial charge in [0, 0.05) is 17.4 Å². The van der Waals surface area contributed by atoms with E-state index in [4.69, 9.17) is 5.73 Å². The molecule has 2 N–H and O–H groups in total. The molecule has 2 atom stereocenters. The van der Waals surface area contributed by atoms with E-state index in [9.17, 15) is 10.1 Å². The minimum atomic E-state index is -0.331. The summed E-state index contributed by atoms with van der Waals surface area (Å²) in [7, 11) is 0. The molecule has 2 unspecified atom stereocenters. The fraction of sp³-hybridized carbons (Fsp3) is 0.455. The molecular formula is C11H14N2O2S. The van der Waals surface area contributed by atoms with Gasteiger partial charge in [-0.1, -0.05) is 18.6 Å². The monoisotopic (exact) mass is 238 g/mol. The van der Waals surface area contributed by atoms with Gasteiger partial charge in [-0.05, 0) is 18.9 Å². The predicted molar refractivity (Wildman–Crippen MR) is 64.6 cm³/mol. The second kappa shape index (κ2) is 4.84. The summed E-state index contributed by atoms with van der Waals surface area (Å²) >= 11 is 1.55. The summed E-state index contributed by atoms with van der Waals surface area (Å²) in [6.07, 6.45) is 3.20. The van der Waals surface area contributed by atoms with Crippen molar-refractivity contribution in [3.63, 3.8) is 0 Å². The number of thioether (sulfide) groups is 1. The molecule has 1 fully saturated rings. The lowest BCUT2D eigenvalue weighted by atomic mass is 10.3. The van der Waals surface area contributed by atoms with E-state index in [2.05, 4.69) is 0 Å². The van der Waals surface area contributed by atoms with Gasteiger partial charge >= 0.3 is 0 Å². The highest BCUT2D eigenvalue weighted by Crippen LogP contribution is 2.38. The smallest absolute Gasteiger partial charge is 0.282 e. The van der Waals surface area contributed by atoms with E-state index in [0.717, 1.165) is 24.2 Å². The molecule has 1 aliphatic carbocycles. The molecule has 0 spiro atoms. The number of nitrogens with zero attached hydrogens (tertiary/aromatic N) is 1. The topological polar surface area (TPSA) is 69.2 Å².